The first-order valence-electron chi connectivity index (χ1n) is 13.7. The first-order valence-corrected chi connectivity index (χ1v) is 13.7. The lowest BCUT2D eigenvalue weighted by molar-refractivity contribution is -0.122. The van der Waals surface area contributed by atoms with Gasteiger partial charge in [0.15, 0.2) is 0 Å². The SMILES string of the molecule is C=C.CC(C)N1CC2(CN(c3ccc(-c4c[nH]c(/C(N)=C\C=N)c4)cc3)C2)C1.N#CC1CCC(C(N)=O)CC1. The van der Waals surface area contributed by atoms with E-state index in [1.165, 1.54) is 43.6 Å². The fraction of sp³-hybridized carbons (Fsp3) is 0.452. The maximum absolute atomic E-state index is 10.7. The van der Waals surface area contributed by atoms with Crippen LogP contribution in [0.3, 0.4) is 0 Å². The molecule has 0 unspecified atom stereocenters. The molecular formula is C31H43N7O. The third kappa shape index (κ3) is 7.18. The number of hydrogen-bond donors (Lipinski definition) is 4. The maximum Gasteiger partial charge on any atom is 0.220 e. The largest absolute Gasteiger partial charge is 0.397 e. The Balaban J connectivity index is 0.000000272. The molecule has 0 bridgehead atoms. The number of aromatic amines is 1. The van der Waals surface area contributed by atoms with Gasteiger partial charge in [0.2, 0.25) is 5.91 Å². The van der Waals surface area contributed by atoms with Gasteiger partial charge in [0.25, 0.3) is 0 Å². The highest BCUT2D eigenvalue weighted by molar-refractivity contribution is 5.82. The number of benzene rings is 1. The molecule has 2 aromatic rings. The summed E-state index contributed by atoms with van der Waals surface area (Å²) in [6, 6.07) is 13.7. The van der Waals surface area contributed by atoms with Crippen molar-refractivity contribution in [2.75, 3.05) is 31.1 Å². The molecule has 208 valence electrons. The van der Waals surface area contributed by atoms with Crippen LogP contribution in [0.15, 0.2) is 55.8 Å². The number of likely N-dealkylation sites (tertiary alicyclic amines) is 1. The van der Waals surface area contributed by atoms with Crippen molar-refractivity contribution >= 4 is 23.5 Å². The van der Waals surface area contributed by atoms with Crippen molar-refractivity contribution in [3.05, 3.63) is 61.5 Å². The van der Waals surface area contributed by atoms with Gasteiger partial charge in [0.05, 0.1) is 17.5 Å². The molecule has 3 aliphatic rings. The zero-order valence-electron chi connectivity index (χ0n) is 23.3. The van der Waals surface area contributed by atoms with Crippen LogP contribution in [0.25, 0.3) is 16.8 Å². The molecule has 8 nitrogen and oxygen atoms in total. The Hall–Kier alpha value is -3.83. The molecular weight excluding hydrogens is 486 g/mol. The Morgan fingerprint density at radius 3 is 2.23 bits per heavy atom. The Labute approximate surface area is 232 Å². The van der Waals surface area contributed by atoms with Gasteiger partial charge in [-0.2, -0.15) is 5.26 Å². The van der Waals surface area contributed by atoms with E-state index >= 15 is 0 Å². The highest BCUT2D eigenvalue weighted by Gasteiger charge is 2.52. The molecule has 39 heavy (non-hydrogen) atoms. The molecule has 6 N–H and O–H groups in total. The zero-order valence-corrected chi connectivity index (χ0v) is 23.3. The van der Waals surface area contributed by atoms with E-state index < -0.39 is 0 Å². The third-order valence-electron chi connectivity index (χ3n) is 7.99. The molecule has 1 aromatic carbocycles. The van der Waals surface area contributed by atoms with E-state index in [1.54, 1.807) is 6.08 Å². The first kappa shape index (κ1) is 29.7. The lowest BCUT2D eigenvalue weighted by Gasteiger charge is -2.62. The van der Waals surface area contributed by atoms with Gasteiger partial charge in [-0.3, -0.25) is 9.69 Å². The molecule has 1 aliphatic carbocycles. The standard InChI is InChI=1S/C21H27N5.C8H12N2O.C2H4/c1-15(2)25-11-21(12-25)13-26(14-21)18-5-3-16(4-6-18)17-9-20(24-10-17)19(23)7-8-22;9-5-6-1-3-7(4-2-6)8(10)11;1-2/h3-10,15,22,24H,11-14,23H2,1-2H3;6-7H,1-4H2,(H2,10,11);1-2H2/b19-7+,22-8?;;. The van der Waals surface area contributed by atoms with Crippen molar-refractivity contribution in [2.24, 2.45) is 28.7 Å². The number of H-pyrrole nitrogens is 1. The predicted octanol–water partition coefficient (Wildman–Crippen LogP) is 4.77. The molecule has 8 heteroatoms. The molecule has 0 radical (unpaired) electrons. The fourth-order valence-electron chi connectivity index (χ4n) is 5.61. The molecule has 3 heterocycles. The lowest BCUT2D eigenvalue weighted by atomic mass is 9.72. The van der Waals surface area contributed by atoms with Gasteiger partial charge in [-0.05, 0) is 74.9 Å². The molecule has 1 saturated carbocycles. The number of nitrogens with one attached hydrogen (secondary N) is 2. The first-order chi connectivity index (χ1) is 18.7. The number of nitriles is 1. The van der Waals surface area contributed by atoms with E-state index in [4.69, 9.17) is 22.1 Å². The van der Waals surface area contributed by atoms with Gasteiger partial charge in [-0.15, -0.1) is 13.2 Å². The van der Waals surface area contributed by atoms with Crippen LogP contribution in [0.4, 0.5) is 5.69 Å². The summed E-state index contributed by atoms with van der Waals surface area (Å²) >= 11 is 0. The number of rotatable bonds is 6. The fourth-order valence-corrected chi connectivity index (χ4v) is 5.61. The molecule has 1 aromatic heterocycles. The summed E-state index contributed by atoms with van der Waals surface area (Å²) < 4.78 is 0. The number of nitrogens with zero attached hydrogens (tertiary/aromatic N) is 3. The molecule has 0 atom stereocenters. The van der Waals surface area contributed by atoms with E-state index in [-0.39, 0.29) is 17.7 Å². The van der Waals surface area contributed by atoms with Crippen LogP contribution in [-0.2, 0) is 4.79 Å². The van der Waals surface area contributed by atoms with Crippen LogP contribution >= 0.6 is 0 Å². The maximum atomic E-state index is 10.7. The minimum atomic E-state index is -0.207. The van der Waals surface area contributed by atoms with E-state index in [1.807, 2.05) is 12.3 Å². The van der Waals surface area contributed by atoms with E-state index in [0.717, 1.165) is 36.9 Å². The Kier molecular flexibility index (Phi) is 10.1. The highest BCUT2D eigenvalue weighted by Crippen LogP contribution is 2.42. The van der Waals surface area contributed by atoms with Crippen LogP contribution in [-0.4, -0.2) is 54.2 Å². The van der Waals surface area contributed by atoms with Gasteiger partial charge in [0, 0.05) is 67.6 Å². The summed E-state index contributed by atoms with van der Waals surface area (Å²) in [4.78, 5) is 18.9. The van der Waals surface area contributed by atoms with E-state index in [9.17, 15) is 4.79 Å². The van der Waals surface area contributed by atoms with E-state index in [2.05, 4.69) is 72.1 Å². The highest BCUT2D eigenvalue weighted by atomic mass is 16.1. The second-order valence-electron chi connectivity index (χ2n) is 11.1. The quantitative estimate of drug-likeness (QED) is 0.315. The summed E-state index contributed by atoms with van der Waals surface area (Å²) in [5.41, 5.74) is 16.6. The summed E-state index contributed by atoms with van der Waals surface area (Å²) in [7, 11) is 0. The van der Waals surface area contributed by atoms with Gasteiger partial charge in [0.1, 0.15) is 0 Å². The molecule has 5 rings (SSSR count). The van der Waals surface area contributed by atoms with Crippen LogP contribution in [0, 0.1) is 34.0 Å². The minimum Gasteiger partial charge on any atom is -0.397 e. The van der Waals surface area contributed by atoms with Crippen molar-refractivity contribution in [3.63, 3.8) is 0 Å². The number of primary amides is 1. The molecule has 1 spiro atoms. The lowest BCUT2D eigenvalue weighted by Crippen LogP contribution is -2.73. The summed E-state index contributed by atoms with van der Waals surface area (Å²) in [6.45, 7) is 15.4. The van der Waals surface area contributed by atoms with Crippen LogP contribution < -0.4 is 16.4 Å². The Morgan fingerprint density at radius 2 is 1.72 bits per heavy atom. The summed E-state index contributed by atoms with van der Waals surface area (Å²) in [5.74, 6) is -0.0217. The number of anilines is 1. The van der Waals surface area contributed by atoms with Crippen LogP contribution in [0.2, 0.25) is 0 Å². The molecule has 2 saturated heterocycles. The van der Waals surface area contributed by atoms with Crippen molar-refractivity contribution in [1.82, 2.24) is 9.88 Å². The summed E-state index contributed by atoms with van der Waals surface area (Å²) in [6.07, 6.45) is 8.02. The number of amides is 1. The minimum absolute atomic E-state index is 0.0274. The van der Waals surface area contributed by atoms with Crippen molar-refractivity contribution < 1.29 is 4.79 Å². The average molecular weight is 530 g/mol. The van der Waals surface area contributed by atoms with Gasteiger partial charge in [-0.25, -0.2) is 0 Å². The Bertz CT molecular complexity index is 1170. The number of carbonyl (C=O) groups is 1. The number of allylic oxidation sites excluding steroid dienone is 1. The number of carbonyl (C=O) groups excluding carboxylic acids is 1. The van der Waals surface area contributed by atoms with Gasteiger partial charge in [-0.1, -0.05) is 12.1 Å². The monoisotopic (exact) mass is 529 g/mol. The third-order valence-corrected chi connectivity index (χ3v) is 7.99. The number of hydrogen-bond acceptors (Lipinski definition) is 6. The second kappa shape index (κ2) is 13.3. The smallest absolute Gasteiger partial charge is 0.220 e. The molecule has 1 amide bonds. The molecule has 3 fully saturated rings. The molecule has 2 aliphatic heterocycles. The average Bonchev–Trinajstić information content (AvgIpc) is 3.40. The van der Waals surface area contributed by atoms with Gasteiger partial charge >= 0.3 is 0 Å². The van der Waals surface area contributed by atoms with Crippen molar-refractivity contribution in [3.8, 4) is 17.2 Å². The van der Waals surface area contributed by atoms with Crippen molar-refractivity contribution in [1.29, 1.82) is 10.7 Å². The van der Waals surface area contributed by atoms with Crippen molar-refractivity contribution in [2.45, 2.75) is 45.6 Å². The van der Waals surface area contributed by atoms with Crippen LogP contribution in [0.1, 0.15) is 45.2 Å². The number of nitrogens with two attached hydrogens (primary N) is 2. The van der Waals surface area contributed by atoms with E-state index in [0.29, 0.717) is 17.2 Å². The van der Waals surface area contributed by atoms with Gasteiger partial charge < -0.3 is 26.8 Å². The van der Waals surface area contributed by atoms with Crippen LogP contribution in [0.5, 0.6) is 0 Å². The topological polar surface area (TPSA) is 139 Å². The Morgan fingerprint density at radius 1 is 1.10 bits per heavy atom. The zero-order chi connectivity index (χ0) is 28.6. The predicted molar refractivity (Wildman–Crippen MR) is 160 cm³/mol. The number of aromatic nitrogens is 1. The summed E-state index contributed by atoms with van der Waals surface area (Å²) in [5, 5.41) is 15.7. The second-order valence-corrected chi connectivity index (χ2v) is 11.1. The normalized spacial score (nSPS) is 21.8.